The fourth-order valence-electron chi connectivity index (χ4n) is 2.59. The molecule has 0 aliphatic rings. The van der Waals surface area contributed by atoms with Crippen molar-refractivity contribution in [3.8, 4) is 5.75 Å². The number of hydrogen-bond acceptors (Lipinski definition) is 4. The Morgan fingerprint density at radius 3 is 2.19 bits per heavy atom. The number of hydrogen-bond donors (Lipinski definition) is 2. The summed E-state index contributed by atoms with van der Waals surface area (Å²) >= 11 is 0. The van der Waals surface area contributed by atoms with E-state index in [4.69, 9.17) is 0 Å². The number of aromatic hydroxyl groups is 1. The van der Waals surface area contributed by atoms with Crippen LogP contribution in [-0.4, -0.2) is 37.8 Å². The maximum Gasteiger partial charge on any atom is 0.255 e. The second-order valence-corrected chi connectivity index (χ2v) is 8.10. The number of phenols is 1. The van der Waals surface area contributed by atoms with E-state index in [9.17, 15) is 18.3 Å². The highest BCUT2D eigenvalue weighted by Gasteiger charge is 2.17. The molecule has 0 fully saturated rings. The molecule has 1 amide bonds. The molecule has 0 aliphatic carbocycles. The molecule has 6 nitrogen and oxygen atoms in total. The normalized spacial score (nSPS) is 11.7. The van der Waals surface area contributed by atoms with Crippen molar-refractivity contribution in [3.63, 3.8) is 0 Å². The molecule has 3 aromatic carbocycles. The van der Waals surface area contributed by atoms with Gasteiger partial charge in [0.05, 0.1) is 4.90 Å². The van der Waals surface area contributed by atoms with Crippen molar-refractivity contribution in [3.05, 3.63) is 66.2 Å². The lowest BCUT2D eigenvalue weighted by Gasteiger charge is -2.12. The van der Waals surface area contributed by atoms with Crippen molar-refractivity contribution in [1.29, 1.82) is 0 Å². The quantitative estimate of drug-likeness (QED) is 0.739. The first-order chi connectivity index (χ1) is 12.3. The molecule has 0 heterocycles. The van der Waals surface area contributed by atoms with E-state index in [0.717, 1.165) is 4.31 Å². The zero-order valence-corrected chi connectivity index (χ0v) is 15.1. The Morgan fingerprint density at radius 1 is 0.923 bits per heavy atom. The molecule has 0 unspecified atom stereocenters. The Morgan fingerprint density at radius 2 is 1.54 bits per heavy atom. The highest BCUT2D eigenvalue weighted by molar-refractivity contribution is 7.89. The number of rotatable bonds is 4. The summed E-state index contributed by atoms with van der Waals surface area (Å²) in [5, 5.41) is 14.1. The molecule has 134 valence electrons. The van der Waals surface area contributed by atoms with E-state index >= 15 is 0 Å². The van der Waals surface area contributed by atoms with Crippen molar-refractivity contribution < 1.29 is 18.3 Å². The maximum atomic E-state index is 12.5. The molecular weight excluding hydrogens is 352 g/mol. The van der Waals surface area contributed by atoms with Crippen molar-refractivity contribution >= 4 is 32.4 Å². The summed E-state index contributed by atoms with van der Waals surface area (Å²) in [5.41, 5.74) is 0.897. The van der Waals surface area contributed by atoms with E-state index in [1.165, 1.54) is 38.4 Å². The van der Waals surface area contributed by atoms with E-state index in [0.29, 0.717) is 22.0 Å². The third-order valence-electron chi connectivity index (χ3n) is 4.04. The van der Waals surface area contributed by atoms with Gasteiger partial charge in [0.25, 0.3) is 5.91 Å². The van der Waals surface area contributed by atoms with Gasteiger partial charge in [0.15, 0.2) is 0 Å². The summed E-state index contributed by atoms with van der Waals surface area (Å²) in [4.78, 5) is 12.6. The lowest BCUT2D eigenvalue weighted by molar-refractivity contribution is 0.102. The van der Waals surface area contributed by atoms with Crippen LogP contribution in [-0.2, 0) is 10.0 Å². The molecule has 0 aromatic heterocycles. The predicted octanol–water partition coefficient (Wildman–Crippen LogP) is 3.05. The number of anilines is 1. The average Bonchev–Trinajstić information content (AvgIpc) is 2.62. The van der Waals surface area contributed by atoms with Gasteiger partial charge in [-0.2, -0.15) is 0 Å². The number of sulfonamides is 1. The monoisotopic (exact) mass is 370 g/mol. The molecule has 0 aliphatic heterocycles. The second kappa shape index (κ2) is 6.78. The zero-order chi connectivity index (χ0) is 18.9. The minimum atomic E-state index is -3.54. The number of fused-ring (bicyclic) bond motifs is 1. The SMILES string of the molecule is CN(C)S(=O)(=O)c1ccc(C(=O)Nc2cccc3c(O)cccc23)cc1. The van der Waals surface area contributed by atoms with Crippen LogP contribution < -0.4 is 5.32 Å². The first-order valence-corrected chi connectivity index (χ1v) is 9.29. The molecule has 7 heteroatoms. The molecular formula is C19H18N2O4S. The van der Waals surface area contributed by atoms with Crippen LogP contribution in [0.3, 0.4) is 0 Å². The summed E-state index contributed by atoms with van der Waals surface area (Å²) in [6.07, 6.45) is 0. The number of benzene rings is 3. The minimum Gasteiger partial charge on any atom is -0.507 e. The van der Waals surface area contributed by atoms with Crippen LogP contribution in [0.1, 0.15) is 10.4 Å². The summed E-state index contributed by atoms with van der Waals surface area (Å²) in [6.45, 7) is 0. The van der Waals surface area contributed by atoms with Crippen molar-refractivity contribution in [2.75, 3.05) is 19.4 Å². The van der Waals surface area contributed by atoms with Crippen molar-refractivity contribution in [2.24, 2.45) is 0 Å². The van der Waals surface area contributed by atoms with Crippen LogP contribution in [0.4, 0.5) is 5.69 Å². The van der Waals surface area contributed by atoms with Crippen LogP contribution >= 0.6 is 0 Å². The molecule has 3 rings (SSSR count). The molecule has 0 atom stereocenters. The summed E-state index contributed by atoms with van der Waals surface area (Å²) in [7, 11) is -0.637. The molecule has 2 N–H and O–H groups in total. The van der Waals surface area contributed by atoms with E-state index in [-0.39, 0.29) is 16.6 Å². The Labute approximate surface area is 151 Å². The Balaban J connectivity index is 1.89. The van der Waals surface area contributed by atoms with Gasteiger partial charge >= 0.3 is 0 Å². The Hall–Kier alpha value is -2.90. The summed E-state index contributed by atoms with van der Waals surface area (Å²) in [6, 6.07) is 16.1. The third kappa shape index (κ3) is 3.26. The van der Waals surface area contributed by atoms with Crippen molar-refractivity contribution in [1.82, 2.24) is 4.31 Å². The van der Waals surface area contributed by atoms with E-state index in [1.54, 1.807) is 36.4 Å². The smallest absolute Gasteiger partial charge is 0.255 e. The summed E-state index contributed by atoms with van der Waals surface area (Å²) in [5.74, 6) is -0.230. The molecule has 0 saturated carbocycles. The zero-order valence-electron chi connectivity index (χ0n) is 14.3. The van der Waals surface area contributed by atoms with Gasteiger partial charge in [-0.15, -0.1) is 0 Å². The first kappa shape index (κ1) is 17.9. The molecule has 0 radical (unpaired) electrons. The third-order valence-corrected chi connectivity index (χ3v) is 5.87. The van der Waals surface area contributed by atoms with E-state index in [2.05, 4.69) is 5.32 Å². The van der Waals surface area contributed by atoms with Gasteiger partial charge in [-0.25, -0.2) is 12.7 Å². The molecule has 26 heavy (non-hydrogen) atoms. The van der Waals surface area contributed by atoms with Crippen LogP contribution in [0, 0.1) is 0 Å². The largest absolute Gasteiger partial charge is 0.507 e. The van der Waals surface area contributed by atoms with Gasteiger partial charge in [0, 0.05) is 36.1 Å². The highest BCUT2D eigenvalue weighted by Crippen LogP contribution is 2.30. The van der Waals surface area contributed by atoms with Gasteiger partial charge in [-0.1, -0.05) is 24.3 Å². The Bertz CT molecular complexity index is 1070. The van der Waals surface area contributed by atoms with Gasteiger partial charge < -0.3 is 10.4 Å². The van der Waals surface area contributed by atoms with Gasteiger partial charge in [0.1, 0.15) is 5.75 Å². The van der Waals surface area contributed by atoms with Gasteiger partial charge in [-0.3, -0.25) is 4.79 Å². The molecule has 3 aromatic rings. The lowest BCUT2D eigenvalue weighted by Crippen LogP contribution is -2.22. The fraction of sp³-hybridized carbons (Fsp3) is 0.105. The van der Waals surface area contributed by atoms with E-state index in [1.807, 2.05) is 0 Å². The number of nitrogens with one attached hydrogen (secondary N) is 1. The minimum absolute atomic E-state index is 0.120. The first-order valence-electron chi connectivity index (χ1n) is 7.85. The number of amides is 1. The second-order valence-electron chi connectivity index (χ2n) is 5.94. The average molecular weight is 370 g/mol. The van der Waals surface area contributed by atoms with Crippen LogP contribution in [0.2, 0.25) is 0 Å². The highest BCUT2D eigenvalue weighted by atomic mass is 32.2. The fourth-order valence-corrected chi connectivity index (χ4v) is 3.49. The number of phenolic OH excluding ortho intramolecular Hbond substituents is 1. The number of carbonyl (C=O) groups excluding carboxylic acids is 1. The topological polar surface area (TPSA) is 86.7 Å². The van der Waals surface area contributed by atoms with Crippen LogP contribution in [0.15, 0.2) is 65.6 Å². The Kier molecular flexibility index (Phi) is 4.67. The van der Waals surface area contributed by atoms with Gasteiger partial charge in [-0.05, 0) is 36.4 Å². The van der Waals surface area contributed by atoms with Crippen LogP contribution in [0.25, 0.3) is 10.8 Å². The number of nitrogens with zero attached hydrogens (tertiary/aromatic N) is 1. The maximum absolute atomic E-state index is 12.5. The molecule has 0 bridgehead atoms. The van der Waals surface area contributed by atoms with Crippen molar-refractivity contribution in [2.45, 2.75) is 4.90 Å². The lowest BCUT2D eigenvalue weighted by atomic mass is 10.1. The van der Waals surface area contributed by atoms with Gasteiger partial charge in [0.2, 0.25) is 10.0 Å². The predicted molar refractivity (Wildman–Crippen MR) is 101 cm³/mol. The van der Waals surface area contributed by atoms with E-state index < -0.39 is 10.0 Å². The standard InChI is InChI=1S/C19H18N2O4S/c1-21(2)26(24,25)14-11-9-13(10-12-14)19(23)20-17-7-3-6-16-15(17)5-4-8-18(16)22/h3-12,22H,1-2H3,(H,20,23). The number of carbonyl (C=O) groups is 1. The molecule has 0 saturated heterocycles. The summed E-state index contributed by atoms with van der Waals surface area (Å²) < 4.78 is 25.3. The van der Waals surface area contributed by atoms with Crippen LogP contribution in [0.5, 0.6) is 5.75 Å². The molecule has 0 spiro atoms.